The van der Waals surface area contributed by atoms with Gasteiger partial charge in [0.15, 0.2) is 5.76 Å². The number of imidazole rings is 1. The average Bonchev–Trinajstić information content (AvgIpc) is 2.83. The highest BCUT2D eigenvalue weighted by molar-refractivity contribution is 5.59. The highest BCUT2D eigenvalue weighted by Crippen LogP contribution is 2.19. The Morgan fingerprint density at radius 1 is 1.36 bits per heavy atom. The Labute approximate surface area is 80.4 Å². The zero-order valence-electron chi connectivity index (χ0n) is 7.71. The van der Waals surface area contributed by atoms with Gasteiger partial charge in [-0.2, -0.15) is 5.10 Å². The van der Waals surface area contributed by atoms with Crippen LogP contribution in [0.25, 0.3) is 17.1 Å². The van der Waals surface area contributed by atoms with E-state index in [0.29, 0.717) is 0 Å². The molecule has 14 heavy (non-hydrogen) atoms. The standard InChI is InChI=1S/C10H9N3O/c1-12-4-5-13-10(12)7-8(11-13)9-3-2-6-14-9/h2-7H,1H3. The Morgan fingerprint density at radius 2 is 2.29 bits per heavy atom. The summed E-state index contributed by atoms with van der Waals surface area (Å²) in [6.07, 6.45) is 5.54. The van der Waals surface area contributed by atoms with E-state index >= 15 is 0 Å². The van der Waals surface area contributed by atoms with Gasteiger partial charge in [-0.3, -0.25) is 0 Å². The lowest BCUT2D eigenvalue weighted by atomic mass is 10.3. The van der Waals surface area contributed by atoms with Gasteiger partial charge in [0.1, 0.15) is 11.3 Å². The van der Waals surface area contributed by atoms with Gasteiger partial charge in [0.2, 0.25) is 0 Å². The van der Waals surface area contributed by atoms with E-state index < -0.39 is 0 Å². The molecule has 3 rings (SSSR count). The van der Waals surface area contributed by atoms with Gasteiger partial charge in [-0.25, -0.2) is 4.52 Å². The van der Waals surface area contributed by atoms with E-state index in [2.05, 4.69) is 5.10 Å². The second kappa shape index (κ2) is 2.51. The van der Waals surface area contributed by atoms with Crippen LogP contribution in [0.4, 0.5) is 0 Å². The largest absolute Gasteiger partial charge is 0.463 e. The first-order chi connectivity index (χ1) is 6.84. The number of furan rings is 1. The molecule has 3 aromatic heterocycles. The summed E-state index contributed by atoms with van der Waals surface area (Å²) in [5.41, 5.74) is 1.91. The first-order valence-corrected chi connectivity index (χ1v) is 4.39. The van der Waals surface area contributed by atoms with Crippen molar-refractivity contribution in [2.75, 3.05) is 0 Å². The lowest BCUT2D eigenvalue weighted by Crippen LogP contribution is -1.84. The molecule has 0 fully saturated rings. The Morgan fingerprint density at radius 3 is 3.00 bits per heavy atom. The van der Waals surface area contributed by atoms with Crippen molar-refractivity contribution >= 4 is 5.65 Å². The molecule has 0 saturated carbocycles. The van der Waals surface area contributed by atoms with Gasteiger partial charge in [0, 0.05) is 25.5 Å². The molecule has 0 amide bonds. The zero-order chi connectivity index (χ0) is 9.54. The van der Waals surface area contributed by atoms with Gasteiger partial charge in [-0.1, -0.05) is 0 Å². The minimum absolute atomic E-state index is 0.800. The van der Waals surface area contributed by atoms with Gasteiger partial charge in [0.05, 0.1) is 6.26 Å². The number of fused-ring (bicyclic) bond motifs is 1. The van der Waals surface area contributed by atoms with Crippen LogP contribution in [-0.2, 0) is 7.05 Å². The fraction of sp³-hybridized carbons (Fsp3) is 0.100. The Kier molecular flexibility index (Phi) is 1.33. The summed E-state index contributed by atoms with van der Waals surface area (Å²) < 4.78 is 9.12. The van der Waals surface area contributed by atoms with E-state index in [4.69, 9.17) is 4.42 Å². The van der Waals surface area contributed by atoms with Crippen molar-refractivity contribution in [3.63, 3.8) is 0 Å². The first-order valence-electron chi connectivity index (χ1n) is 4.39. The van der Waals surface area contributed by atoms with E-state index in [1.54, 1.807) is 6.26 Å². The molecule has 0 bridgehead atoms. The summed E-state index contributed by atoms with van der Waals surface area (Å²) in [6.45, 7) is 0. The number of rotatable bonds is 1. The van der Waals surface area contributed by atoms with Crippen LogP contribution in [0.15, 0.2) is 41.3 Å². The molecule has 0 N–H and O–H groups in total. The van der Waals surface area contributed by atoms with Crippen LogP contribution >= 0.6 is 0 Å². The molecule has 0 aliphatic carbocycles. The third-order valence-corrected chi connectivity index (χ3v) is 2.28. The van der Waals surface area contributed by atoms with E-state index in [-0.39, 0.29) is 0 Å². The van der Waals surface area contributed by atoms with Gasteiger partial charge in [0.25, 0.3) is 0 Å². The van der Waals surface area contributed by atoms with Crippen LogP contribution < -0.4 is 0 Å². The fourth-order valence-corrected chi connectivity index (χ4v) is 1.54. The SMILES string of the molecule is Cn1ccn2nc(-c3ccco3)cc12. The highest BCUT2D eigenvalue weighted by Gasteiger charge is 2.07. The number of nitrogens with zero attached hydrogens (tertiary/aromatic N) is 3. The first kappa shape index (κ1) is 7.44. The summed E-state index contributed by atoms with van der Waals surface area (Å²) in [6, 6.07) is 5.76. The maximum Gasteiger partial charge on any atom is 0.154 e. The molecule has 0 aliphatic rings. The Balaban J connectivity index is 2.24. The van der Waals surface area contributed by atoms with Gasteiger partial charge in [-0.15, -0.1) is 0 Å². The molecule has 3 heterocycles. The summed E-state index contributed by atoms with van der Waals surface area (Å²) in [4.78, 5) is 0. The van der Waals surface area contributed by atoms with Crippen molar-refractivity contribution in [3.05, 3.63) is 36.9 Å². The topological polar surface area (TPSA) is 35.4 Å². The molecule has 0 aliphatic heterocycles. The third-order valence-electron chi connectivity index (χ3n) is 2.28. The van der Waals surface area contributed by atoms with Crippen LogP contribution in [0, 0.1) is 0 Å². The number of hydrogen-bond acceptors (Lipinski definition) is 2. The third kappa shape index (κ3) is 0.907. The van der Waals surface area contributed by atoms with Crippen LogP contribution in [0.1, 0.15) is 0 Å². The van der Waals surface area contributed by atoms with Crippen LogP contribution in [0.2, 0.25) is 0 Å². The molecule has 0 aromatic carbocycles. The second-order valence-electron chi connectivity index (χ2n) is 3.22. The molecule has 0 spiro atoms. The van der Waals surface area contributed by atoms with Crippen molar-refractivity contribution in [1.29, 1.82) is 0 Å². The van der Waals surface area contributed by atoms with Crippen LogP contribution in [0.3, 0.4) is 0 Å². The summed E-state index contributed by atoms with van der Waals surface area (Å²) in [5, 5.41) is 4.38. The van der Waals surface area contributed by atoms with Crippen molar-refractivity contribution in [2.24, 2.45) is 7.05 Å². The molecule has 4 heteroatoms. The Hall–Kier alpha value is -1.97. The van der Waals surface area contributed by atoms with Crippen molar-refractivity contribution < 1.29 is 4.42 Å². The maximum absolute atomic E-state index is 5.27. The van der Waals surface area contributed by atoms with Gasteiger partial charge >= 0.3 is 0 Å². The molecule has 0 saturated heterocycles. The van der Waals surface area contributed by atoms with E-state index in [1.165, 1.54) is 0 Å². The molecule has 0 atom stereocenters. The highest BCUT2D eigenvalue weighted by atomic mass is 16.3. The fourth-order valence-electron chi connectivity index (χ4n) is 1.54. The minimum atomic E-state index is 0.800. The summed E-state index contributed by atoms with van der Waals surface area (Å²) in [5.74, 6) is 0.800. The monoisotopic (exact) mass is 187 g/mol. The number of hydrogen-bond donors (Lipinski definition) is 0. The Bertz CT molecular complexity index is 559. The molecule has 0 radical (unpaired) electrons. The molecular weight excluding hydrogens is 178 g/mol. The predicted octanol–water partition coefficient (Wildman–Crippen LogP) is 1.93. The quantitative estimate of drug-likeness (QED) is 0.583. The lowest BCUT2D eigenvalue weighted by molar-refractivity contribution is 0.579. The van der Waals surface area contributed by atoms with Crippen LogP contribution in [-0.4, -0.2) is 14.2 Å². The normalized spacial score (nSPS) is 11.2. The molecular formula is C10H9N3O. The molecule has 0 unspecified atom stereocenters. The zero-order valence-corrected chi connectivity index (χ0v) is 7.71. The van der Waals surface area contributed by atoms with Gasteiger partial charge < -0.3 is 8.98 Å². The van der Waals surface area contributed by atoms with E-state index in [9.17, 15) is 0 Å². The summed E-state index contributed by atoms with van der Waals surface area (Å²) in [7, 11) is 1.99. The average molecular weight is 187 g/mol. The lowest BCUT2D eigenvalue weighted by Gasteiger charge is -1.86. The minimum Gasteiger partial charge on any atom is -0.463 e. The van der Waals surface area contributed by atoms with E-state index in [1.807, 2.05) is 46.7 Å². The van der Waals surface area contributed by atoms with Crippen molar-refractivity contribution in [1.82, 2.24) is 14.2 Å². The predicted molar refractivity (Wildman–Crippen MR) is 51.9 cm³/mol. The van der Waals surface area contributed by atoms with Gasteiger partial charge in [-0.05, 0) is 12.1 Å². The van der Waals surface area contributed by atoms with Crippen molar-refractivity contribution in [3.8, 4) is 11.5 Å². The van der Waals surface area contributed by atoms with Crippen molar-refractivity contribution in [2.45, 2.75) is 0 Å². The number of aromatic nitrogens is 3. The maximum atomic E-state index is 5.27. The summed E-state index contributed by atoms with van der Waals surface area (Å²) >= 11 is 0. The van der Waals surface area contributed by atoms with Crippen LogP contribution in [0.5, 0.6) is 0 Å². The van der Waals surface area contributed by atoms with E-state index in [0.717, 1.165) is 17.1 Å². The molecule has 70 valence electrons. The molecule has 4 nitrogen and oxygen atoms in total. The molecule has 3 aromatic rings. The smallest absolute Gasteiger partial charge is 0.154 e. The number of aryl methyl sites for hydroxylation is 1. The second-order valence-corrected chi connectivity index (χ2v) is 3.22.